The van der Waals surface area contributed by atoms with Crippen LogP contribution in [-0.4, -0.2) is 32.2 Å². The highest BCUT2D eigenvalue weighted by Gasteiger charge is 2.41. The molecule has 1 atom stereocenters. The molecule has 22 heavy (non-hydrogen) atoms. The van der Waals surface area contributed by atoms with Crippen LogP contribution in [0, 0.1) is 12.8 Å². The summed E-state index contributed by atoms with van der Waals surface area (Å²) in [5.41, 5.74) is 2.03. The van der Waals surface area contributed by atoms with E-state index in [-0.39, 0.29) is 11.8 Å². The molecule has 1 aromatic carbocycles. The van der Waals surface area contributed by atoms with E-state index in [4.69, 9.17) is 12.2 Å². The van der Waals surface area contributed by atoms with E-state index in [1.165, 1.54) is 4.90 Å². The summed E-state index contributed by atoms with van der Waals surface area (Å²) in [6.07, 6.45) is 1.75. The fourth-order valence-corrected chi connectivity index (χ4v) is 3.56. The zero-order chi connectivity index (χ0) is 16.4. The lowest BCUT2D eigenvalue weighted by Crippen LogP contribution is -2.47. The highest BCUT2D eigenvalue weighted by molar-refractivity contribution is 8.26. The number of thioether (sulfide) groups is 1. The van der Waals surface area contributed by atoms with E-state index in [9.17, 15) is 14.7 Å². The molecule has 0 spiro atoms. The van der Waals surface area contributed by atoms with E-state index >= 15 is 0 Å². The zero-order valence-electron chi connectivity index (χ0n) is 12.6. The van der Waals surface area contributed by atoms with Crippen LogP contribution in [0.5, 0.6) is 0 Å². The van der Waals surface area contributed by atoms with Crippen LogP contribution in [0.25, 0.3) is 6.08 Å². The molecule has 6 heteroatoms. The van der Waals surface area contributed by atoms with Crippen LogP contribution in [0.1, 0.15) is 25.0 Å². The summed E-state index contributed by atoms with van der Waals surface area (Å²) in [5, 5.41) is 9.36. The molecule has 4 nitrogen and oxygen atoms in total. The molecule has 2 rings (SSSR count). The molecule has 1 aliphatic rings. The molecule has 1 N–H and O–H groups in total. The third-order valence-electron chi connectivity index (χ3n) is 3.36. The van der Waals surface area contributed by atoms with Crippen molar-refractivity contribution in [1.29, 1.82) is 0 Å². The number of carbonyl (C=O) groups excluding carboxylic acids is 1. The average Bonchev–Trinajstić information content (AvgIpc) is 2.69. The number of carbonyl (C=O) groups is 2. The summed E-state index contributed by atoms with van der Waals surface area (Å²) >= 11 is 6.36. The lowest BCUT2D eigenvalue weighted by atomic mass is 10.0. The Morgan fingerprint density at radius 2 is 1.91 bits per heavy atom. The second-order valence-electron chi connectivity index (χ2n) is 5.49. The third kappa shape index (κ3) is 3.39. The first-order valence-electron chi connectivity index (χ1n) is 6.88. The molecule has 1 unspecified atom stereocenters. The lowest BCUT2D eigenvalue weighted by molar-refractivity contribution is -0.146. The van der Waals surface area contributed by atoms with Crippen molar-refractivity contribution < 1.29 is 14.7 Å². The van der Waals surface area contributed by atoms with Gasteiger partial charge in [0, 0.05) is 0 Å². The predicted molar refractivity (Wildman–Crippen MR) is 92.5 cm³/mol. The van der Waals surface area contributed by atoms with E-state index in [0.29, 0.717) is 9.23 Å². The molecule has 1 heterocycles. The Morgan fingerprint density at radius 3 is 2.41 bits per heavy atom. The predicted octanol–water partition coefficient (Wildman–Crippen LogP) is 3.31. The van der Waals surface area contributed by atoms with Crippen molar-refractivity contribution >= 4 is 46.3 Å². The minimum atomic E-state index is -1.04. The van der Waals surface area contributed by atoms with Crippen molar-refractivity contribution in [2.24, 2.45) is 5.92 Å². The van der Waals surface area contributed by atoms with Gasteiger partial charge in [0.2, 0.25) is 0 Å². The molecule has 1 aromatic rings. The van der Waals surface area contributed by atoms with Gasteiger partial charge in [-0.05, 0) is 24.5 Å². The first kappa shape index (κ1) is 16.7. The maximum Gasteiger partial charge on any atom is 0.327 e. The molecule has 1 fully saturated rings. The van der Waals surface area contributed by atoms with Crippen LogP contribution in [0.2, 0.25) is 0 Å². The van der Waals surface area contributed by atoms with Gasteiger partial charge in [-0.25, -0.2) is 4.79 Å². The summed E-state index contributed by atoms with van der Waals surface area (Å²) < 4.78 is 0.296. The van der Waals surface area contributed by atoms with E-state index < -0.39 is 12.0 Å². The lowest BCUT2D eigenvalue weighted by Gasteiger charge is -2.26. The van der Waals surface area contributed by atoms with E-state index in [1.54, 1.807) is 19.9 Å². The van der Waals surface area contributed by atoms with Crippen LogP contribution in [0.3, 0.4) is 0 Å². The van der Waals surface area contributed by atoms with Crippen molar-refractivity contribution in [3.05, 3.63) is 40.3 Å². The SMILES string of the molecule is Cc1ccc(/C=C2/SC(=S)N(C(C(=O)O)C(C)C)C2=O)cc1. The monoisotopic (exact) mass is 335 g/mol. The van der Waals surface area contributed by atoms with Gasteiger partial charge in [-0.15, -0.1) is 0 Å². The molecule has 1 saturated heterocycles. The molecule has 0 aromatic heterocycles. The quantitative estimate of drug-likeness (QED) is 0.676. The van der Waals surface area contributed by atoms with Gasteiger partial charge in [-0.1, -0.05) is 67.7 Å². The topological polar surface area (TPSA) is 57.6 Å². The maximum absolute atomic E-state index is 12.5. The molecule has 0 saturated carbocycles. The molecule has 1 aliphatic heterocycles. The molecule has 116 valence electrons. The number of benzene rings is 1. The average molecular weight is 335 g/mol. The Labute approximate surface area is 139 Å². The second kappa shape index (κ2) is 6.62. The summed E-state index contributed by atoms with van der Waals surface area (Å²) in [4.78, 5) is 25.6. The maximum atomic E-state index is 12.5. The number of thiocarbonyl (C=S) groups is 1. The van der Waals surface area contributed by atoms with Gasteiger partial charge in [-0.3, -0.25) is 9.69 Å². The minimum absolute atomic E-state index is 0.223. The Hall–Kier alpha value is -1.66. The van der Waals surface area contributed by atoms with Gasteiger partial charge < -0.3 is 5.11 Å². The molecule has 1 amide bonds. The fourth-order valence-electron chi connectivity index (χ4n) is 2.23. The van der Waals surface area contributed by atoms with E-state index in [2.05, 4.69) is 0 Å². The summed E-state index contributed by atoms with van der Waals surface area (Å²) in [6, 6.07) is 6.82. The van der Waals surface area contributed by atoms with Crippen molar-refractivity contribution in [2.45, 2.75) is 26.8 Å². The molecular weight excluding hydrogens is 318 g/mol. The number of hydrogen-bond donors (Lipinski definition) is 1. The van der Waals surface area contributed by atoms with Gasteiger partial charge in [0.15, 0.2) is 0 Å². The van der Waals surface area contributed by atoms with Gasteiger partial charge in [-0.2, -0.15) is 0 Å². The number of aryl methyl sites for hydroxylation is 1. The van der Waals surface area contributed by atoms with Crippen LogP contribution >= 0.6 is 24.0 Å². The van der Waals surface area contributed by atoms with Crippen molar-refractivity contribution in [3.8, 4) is 0 Å². The number of hydrogen-bond acceptors (Lipinski definition) is 4. The summed E-state index contributed by atoms with van der Waals surface area (Å²) in [7, 11) is 0. The van der Waals surface area contributed by atoms with Gasteiger partial charge in [0.1, 0.15) is 10.4 Å². The Kier molecular flexibility index (Phi) is 5.03. The normalized spacial score (nSPS) is 18.4. The summed E-state index contributed by atoms with van der Waals surface area (Å²) in [5.74, 6) is -1.60. The van der Waals surface area contributed by atoms with Gasteiger partial charge in [0.25, 0.3) is 5.91 Å². The minimum Gasteiger partial charge on any atom is -0.480 e. The first-order valence-corrected chi connectivity index (χ1v) is 8.10. The zero-order valence-corrected chi connectivity index (χ0v) is 14.2. The van der Waals surface area contributed by atoms with E-state index in [0.717, 1.165) is 22.9 Å². The highest BCUT2D eigenvalue weighted by Crippen LogP contribution is 2.35. The highest BCUT2D eigenvalue weighted by atomic mass is 32.2. The number of nitrogens with zero attached hydrogens (tertiary/aromatic N) is 1. The van der Waals surface area contributed by atoms with Crippen molar-refractivity contribution in [2.75, 3.05) is 0 Å². The molecule has 0 radical (unpaired) electrons. The number of carboxylic acids is 1. The van der Waals surface area contributed by atoms with Crippen LogP contribution < -0.4 is 0 Å². The second-order valence-corrected chi connectivity index (χ2v) is 7.17. The van der Waals surface area contributed by atoms with Crippen LogP contribution in [0.15, 0.2) is 29.2 Å². The van der Waals surface area contributed by atoms with Crippen LogP contribution in [0.4, 0.5) is 0 Å². The Balaban J connectivity index is 2.32. The Bertz CT molecular complexity index is 650. The number of rotatable bonds is 4. The van der Waals surface area contributed by atoms with E-state index in [1.807, 2.05) is 31.2 Å². The first-order chi connectivity index (χ1) is 10.3. The smallest absolute Gasteiger partial charge is 0.327 e. The van der Waals surface area contributed by atoms with Gasteiger partial charge >= 0.3 is 5.97 Å². The number of carboxylic acid groups (broad SMARTS) is 1. The third-order valence-corrected chi connectivity index (χ3v) is 4.69. The number of amides is 1. The molecule has 0 aliphatic carbocycles. The number of aliphatic carboxylic acids is 1. The van der Waals surface area contributed by atoms with Crippen molar-refractivity contribution in [3.63, 3.8) is 0 Å². The van der Waals surface area contributed by atoms with Gasteiger partial charge in [0.05, 0.1) is 4.91 Å². The molecular formula is C16H17NO3S2. The van der Waals surface area contributed by atoms with Crippen LogP contribution in [-0.2, 0) is 9.59 Å². The fraction of sp³-hybridized carbons (Fsp3) is 0.312. The largest absolute Gasteiger partial charge is 0.480 e. The van der Waals surface area contributed by atoms with Crippen molar-refractivity contribution in [1.82, 2.24) is 4.90 Å². The molecule has 0 bridgehead atoms. The standard InChI is InChI=1S/C16H17NO3S2/c1-9(2)13(15(19)20)17-14(18)12(22-16(17)21)8-11-6-4-10(3)5-7-11/h4-9,13H,1-3H3,(H,19,20)/b12-8+. The Morgan fingerprint density at radius 1 is 1.32 bits per heavy atom. The summed E-state index contributed by atoms with van der Waals surface area (Å²) in [6.45, 7) is 5.52.